The fourth-order valence-electron chi connectivity index (χ4n) is 3.19. The summed E-state index contributed by atoms with van der Waals surface area (Å²) in [6.45, 7) is 1.69. The molecular formula is C20H24N2O3. The van der Waals surface area contributed by atoms with Gasteiger partial charge in [0.1, 0.15) is 0 Å². The van der Waals surface area contributed by atoms with Crippen LogP contribution in [0.4, 0.5) is 5.69 Å². The number of nitrogens with zero attached hydrogens (tertiary/aromatic N) is 1. The molecule has 5 heteroatoms. The lowest BCUT2D eigenvalue weighted by molar-refractivity contribution is -0.117. The van der Waals surface area contributed by atoms with Gasteiger partial charge in [0.2, 0.25) is 5.91 Å². The molecule has 1 aliphatic heterocycles. The molecule has 2 aromatic carbocycles. The van der Waals surface area contributed by atoms with Crippen molar-refractivity contribution < 1.29 is 14.3 Å². The highest BCUT2D eigenvalue weighted by Gasteiger charge is 2.21. The second kappa shape index (κ2) is 8.03. The summed E-state index contributed by atoms with van der Waals surface area (Å²) in [6, 6.07) is 13.9. The molecule has 0 spiro atoms. The van der Waals surface area contributed by atoms with Crippen molar-refractivity contribution in [2.75, 3.05) is 32.2 Å². The van der Waals surface area contributed by atoms with Gasteiger partial charge in [-0.25, -0.2) is 0 Å². The first kappa shape index (κ1) is 17.3. The average Bonchev–Trinajstić information content (AvgIpc) is 2.67. The summed E-state index contributed by atoms with van der Waals surface area (Å²) < 4.78 is 10.6. The maximum atomic E-state index is 12.6. The Bertz CT molecular complexity index is 745. The molecule has 1 heterocycles. The van der Waals surface area contributed by atoms with Crippen LogP contribution in [0.2, 0.25) is 0 Å². The normalized spacial score (nSPS) is 13.3. The Balaban J connectivity index is 1.59. The number of hydrogen-bond donors (Lipinski definition) is 1. The Kier molecular flexibility index (Phi) is 5.56. The van der Waals surface area contributed by atoms with Crippen LogP contribution in [0.15, 0.2) is 42.5 Å². The highest BCUT2D eigenvalue weighted by Crippen LogP contribution is 2.28. The molecule has 1 aliphatic rings. The number of anilines is 1. The van der Waals surface area contributed by atoms with Crippen molar-refractivity contribution >= 4 is 11.6 Å². The largest absolute Gasteiger partial charge is 0.493 e. The van der Waals surface area contributed by atoms with E-state index in [-0.39, 0.29) is 5.91 Å². The third-order valence-electron chi connectivity index (χ3n) is 4.46. The molecule has 0 radical (unpaired) electrons. The number of para-hydroxylation sites is 1. The van der Waals surface area contributed by atoms with E-state index in [1.54, 1.807) is 14.2 Å². The fraction of sp³-hybridized carbons (Fsp3) is 0.350. The molecule has 25 heavy (non-hydrogen) atoms. The molecule has 1 N–H and O–H groups in total. The smallest absolute Gasteiger partial charge is 0.240 e. The summed E-state index contributed by atoms with van der Waals surface area (Å²) >= 11 is 0. The Hall–Kier alpha value is -2.53. The van der Waals surface area contributed by atoms with Crippen molar-refractivity contribution in [2.24, 2.45) is 0 Å². The predicted octanol–water partition coefficient (Wildman–Crippen LogP) is 2.77. The first-order chi connectivity index (χ1) is 12.2. The lowest BCUT2D eigenvalue weighted by Gasteiger charge is -2.29. The Morgan fingerprint density at radius 1 is 1.12 bits per heavy atom. The second-order valence-corrected chi connectivity index (χ2v) is 6.07. The number of hydrogen-bond acceptors (Lipinski definition) is 4. The number of aryl methyl sites for hydroxylation is 1. The number of benzene rings is 2. The Morgan fingerprint density at radius 3 is 2.72 bits per heavy atom. The number of carbonyl (C=O) groups excluding carboxylic acids is 1. The van der Waals surface area contributed by atoms with Crippen LogP contribution in [0, 0.1) is 0 Å². The zero-order valence-corrected chi connectivity index (χ0v) is 14.7. The highest BCUT2D eigenvalue weighted by molar-refractivity contribution is 5.95. The van der Waals surface area contributed by atoms with Gasteiger partial charge in [0.15, 0.2) is 11.5 Å². The molecule has 0 atom stereocenters. The first-order valence-electron chi connectivity index (χ1n) is 8.53. The molecule has 3 rings (SSSR count). The maximum Gasteiger partial charge on any atom is 0.240 e. The highest BCUT2D eigenvalue weighted by atomic mass is 16.5. The van der Waals surface area contributed by atoms with Crippen molar-refractivity contribution in [2.45, 2.75) is 19.4 Å². The van der Waals surface area contributed by atoms with E-state index in [2.05, 4.69) is 11.4 Å². The van der Waals surface area contributed by atoms with Crippen molar-refractivity contribution in [3.05, 3.63) is 53.6 Å². The monoisotopic (exact) mass is 340 g/mol. The summed E-state index contributed by atoms with van der Waals surface area (Å²) in [6.07, 6.45) is 2.05. The molecule has 0 bridgehead atoms. The number of fused-ring (bicyclic) bond motifs is 1. The third kappa shape index (κ3) is 3.94. The molecule has 1 amide bonds. The molecule has 132 valence electrons. The van der Waals surface area contributed by atoms with E-state index in [1.165, 1.54) is 5.56 Å². The van der Waals surface area contributed by atoms with Crippen molar-refractivity contribution in [1.82, 2.24) is 5.32 Å². The maximum absolute atomic E-state index is 12.6. The minimum absolute atomic E-state index is 0.104. The quantitative estimate of drug-likeness (QED) is 0.878. The van der Waals surface area contributed by atoms with Crippen LogP contribution in [-0.4, -0.2) is 33.2 Å². The summed E-state index contributed by atoms with van der Waals surface area (Å²) in [4.78, 5) is 14.5. The van der Waals surface area contributed by atoms with Crippen LogP contribution in [0.1, 0.15) is 17.5 Å². The molecule has 0 aromatic heterocycles. The molecule has 0 fully saturated rings. The molecule has 0 saturated carbocycles. The number of nitrogens with one attached hydrogen (secondary N) is 1. The SMILES string of the molecule is COc1ccc(CNCC(=O)N2CCCc3ccccc32)cc1OC. The molecule has 0 unspecified atom stereocenters. The van der Waals surface area contributed by atoms with E-state index in [1.807, 2.05) is 41.3 Å². The fourth-order valence-corrected chi connectivity index (χ4v) is 3.19. The van der Waals surface area contributed by atoms with E-state index in [4.69, 9.17) is 9.47 Å². The third-order valence-corrected chi connectivity index (χ3v) is 4.46. The van der Waals surface area contributed by atoms with Gasteiger partial charge in [0, 0.05) is 18.8 Å². The van der Waals surface area contributed by atoms with Gasteiger partial charge >= 0.3 is 0 Å². The summed E-state index contributed by atoms with van der Waals surface area (Å²) in [5.41, 5.74) is 3.35. The van der Waals surface area contributed by atoms with Gasteiger partial charge in [-0.05, 0) is 42.2 Å². The topological polar surface area (TPSA) is 50.8 Å². The molecule has 0 saturated heterocycles. The van der Waals surface area contributed by atoms with E-state index >= 15 is 0 Å². The number of carbonyl (C=O) groups is 1. The van der Waals surface area contributed by atoms with Crippen LogP contribution < -0.4 is 19.7 Å². The Morgan fingerprint density at radius 2 is 1.92 bits per heavy atom. The van der Waals surface area contributed by atoms with Crippen molar-refractivity contribution in [3.8, 4) is 11.5 Å². The lowest BCUT2D eigenvalue weighted by atomic mass is 10.0. The second-order valence-electron chi connectivity index (χ2n) is 6.07. The van der Waals surface area contributed by atoms with Gasteiger partial charge in [0.25, 0.3) is 0 Å². The standard InChI is InChI=1S/C20H24N2O3/c1-24-18-10-9-15(12-19(18)25-2)13-21-14-20(23)22-11-5-7-16-6-3-4-8-17(16)22/h3-4,6,8-10,12,21H,5,7,11,13-14H2,1-2H3. The van der Waals surface area contributed by atoms with Gasteiger partial charge in [-0.3, -0.25) is 4.79 Å². The van der Waals surface area contributed by atoms with Crippen molar-refractivity contribution in [1.29, 1.82) is 0 Å². The van der Waals surface area contributed by atoms with Crippen LogP contribution in [0.3, 0.4) is 0 Å². The minimum Gasteiger partial charge on any atom is -0.493 e. The average molecular weight is 340 g/mol. The molecule has 5 nitrogen and oxygen atoms in total. The number of ether oxygens (including phenoxy) is 2. The number of rotatable bonds is 6. The zero-order chi connectivity index (χ0) is 17.6. The number of amides is 1. The predicted molar refractivity (Wildman–Crippen MR) is 98.4 cm³/mol. The van der Waals surface area contributed by atoms with Gasteiger partial charge in [0.05, 0.1) is 20.8 Å². The van der Waals surface area contributed by atoms with E-state index in [0.29, 0.717) is 24.6 Å². The molecular weight excluding hydrogens is 316 g/mol. The van der Waals surface area contributed by atoms with Gasteiger partial charge in [-0.1, -0.05) is 24.3 Å². The minimum atomic E-state index is 0.104. The summed E-state index contributed by atoms with van der Waals surface area (Å²) in [5, 5.41) is 3.23. The lowest BCUT2D eigenvalue weighted by Crippen LogP contribution is -2.41. The van der Waals surface area contributed by atoms with Gasteiger partial charge in [-0.2, -0.15) is 0 Å². The van der Waals surface area contributed by atoms with Gasteiger partial charge in [-0.15, -0.1) is 0 Å². The number of methoxy groups -OCH3 is 2. The van der Waals surface area contributed by atoms with Crippen molar-refractivity contribution in [3.63, 3.8) is 0 Å². The first-order valence-corrected chi connectivity index (χ1v) is 8.53. The van der Waals surface area contributed by atoms with Crippen LogP contribution in [-0.2, 0) is 17.8 Å². The molecule has 0 aliphatic carbocycles. The van der Waals surface area contributed by atoms with Crippen LogP contribution in [0.5, 0.6) is 11.5 Å². The van der Waals surface area contributed by atoms with E-state index in [0.717, 1.165) is 30.6 Å². The van der Waals surface area contributed by atoms with E-state index < -0.39 is 0 Å². The Labute approximate surface area is 148 Å². The summed E-state index contributed by atoms with van der Waals surface area (Å²) in [5.74, 6) is 1.50. The van der Waals surface area contributed by atoms with Crippen LogP contribution >= 0.6 is 0 Å². The van der Waals surface area contributed by atoms with Crippen LogP contribution in [0.25, 0.3) is 0 Å². The van der Waals surface area contributed by atoms with E-state index in [9.17, 15) is 4.79 Å². The summed E-state index contributed by atoms with van der Waals surface area (Å²) in [7, 11) is 3.23. The van der Waals surface area contributed by atoms with Gasteiger partial charge < -0.3 is 19.7 Å². The zero-order valence-electron chi connectivity index (χ0n) is 14.7. The molecule has 2 aromatic rings.